The van der Waals surface area contributed by atoms with E-state index < -0.39 is 12.8 Å². The van der Waals surface area contributed by atoms with Gasteiger partial charge in [0.1, 0.15) is 11.6 Å². The molecule has 0 bridgehead atoms. The number of aryl methyl sites for hydroxylation is 1. The van der Waals surface area contributed by atoms with E-state index in [1.165, 1.54) is 6.20 Å². The van der Waals surface area contributed by atoms with Gasteiger partial charge in [0.05, 0.1) is 29.3 Å². The third kappa shape index (κ3) is 5.05. The van der Waals surface area contributed by atoms with E-state index in [9.17, 15) is 18.0 Å². The number of alkyl halides is 3. The maximum atomic E-state index is 12.3. The van der Waals surface area contributed by atoms with Crippen LogP contribution in [0.4, 0.5) is 19.0 Å². The number of carbonyl (C=O) groups is 1. The van der Waals surface area contributed by atoms with Crippen LogP contribution >= 0.6 is 0 Å². The largest absolute Gasteiger partial charge is 0.482 e. The van der Waals surface area contributed by atoms with Gasteiger partial charge in [0.2, 0.25) is 5.91 Å². The van der Waals surface area contributed by atoms with Crippen molar-refractivity contribution in [2.24, 2.45) is 5.92 Å². The lowest BCUT2D eigenvalue weighted by molar-refractivity contribution is -0.153. The fourth-order valence-corrected chi connectivity index (χ4v) is 3.11. The Morgan fingerprint density at radius 1 is 1.33 bits per heavy atom. The van der Waals surface area contributed by atoms with Crippen LogP contribution in [0.25, 0.3) is 10.9 Å². The molecule has 0 atom stereocenters. The van der Waals surface area contributed by atoms with Gasteiger partial charge in [-0.25, -0.2) is 4.98 Å². The molecule has 7 nitrogen and oxygen atoms in total. The predicted octanol–water partition coefficient (Wildman–Crippen LogP) is 3.86. The van der Waals surface area contributed by atoms with Crippen LogP contribution in [0.15, 0.2) is 30.7 Å². The molecule has 3 heterocycles. The second-order valence-electron chi connectivity index (χ2n) is 7.46. The Morgan fingerprint density at radius 2 is 2.13 bits per heavy atom. The summed E-state index contributed by atoms with van der Waals surface area (Å²) in [5.41, 5.74) is 1.84. The molecular formula is C20H20F3N5O2. The van der Waals surface area contributed by atoms with Crippen molar-refractivity contribution in [3.63, 3.8) is 0 Å². The molecule has 1 aliphatic carbocycles. The van der Waals surface area contributed by atoms with E-state index in [-0.39, 0.29) is 11.7 Å². The molecular weight excluding hydrogens is 399 g/mol. The SMILES string of the molecule is Cc1cc(Cn2cc3c(NC(=O)CC4CC4)nccc3n2)ncc1OCC(F)(F)F. The average molecular weight is 419 g/mol. The van der Waals surface area contributed by atoms with E-state index in [1.807, 2.05) is 0 Å². The van der Waals surface area contributed by atoms with Crippen LogP contribution in [0, 0.1) is 12.8 Å². The van der Waals surface area contributed by atoms with E-state index in [0.717, 1.165) is 12.8 Å². The van der Waals surface area contributed by atoms with Gasteiger partial charge in [0.15, 0.2) is 6.61 Å². The quantitative estimate of drug-likeness (QED) is 0.629. The van der Waals surface area contributed by atoms with Gasteiger partial charge in [-0.15, -0.1) is 0 Å². The minimum absolute atomic E-state index is 0.0583. The zero-order chi connectivity index (χ0) is 21.3. The Labute approximate surface area is 170 Å². The number of ether oxygens (including phenoxy) is 1. The maximum absolute atomic E-state index is 12.3. The molecule has 1 N–H and O–H groups in total. The Bertz CT molecular complexity index is 1080. The first-order valence-corrected chi connectivity index (χ1v) is 9.54. The summed E-state index contributed by atoms with van der Waals surface area (Å²) in [5.74, 6) is 0.970. The van der Waals surface area contributed by atoms with Crippen molar-refractivity contribution in [2.75, 3.05) is 11.9 Å². The standard InChI is InChI=1S/C20H20F3N5O2/c1-12-6-14(25-8-17(12)30-11-20(21,22)23)9-28-10-15-16(27-28)4-5-24-19(15)26-18(29)7-13-2-3-13/h4-6,8,10,13H,2-3,7,9,11H2,1H3,(H,24,26,29). The third-order valence-electron chi connectivity index (χ3n) is 4.74. The lowest BCUT2D eigenvalue weighted by Crippen LogP contribution is -2.19. The topological polar surface area (TPSA) is 81.9 Å². The summed E-state index contributed by atoms with van der Waals surface area (Å²) in [5, 5.41) is 8.04. The minimum atomic E-state index is -4.40. The van der Waals surface area contributed by atoms with E-state index in [1.54, 1.807) is 36.1 Å². The number of carbonyl (C=O) groups excluding carboxylic acids is 1. The van der Waals surface area contributed by atoms with Crippen LogP contribution in [0.5, 0.6) is 5.75 Å². The average Bonchev–Trinajstić information content (AvgIpc) is 3.36. The zero-order valence-electron chi connectivity index (χ0n) is 16.2. The number of hydrogen-bond acceptors (Lipinski definition) is 5. The molecule has 158 valence electrons. The lowest BCUT2D eigenvalue weighted by Gasteiger charge is -2.11. The number of anilines is 1. The predicted molar refractivity (Wildman–Crippen MR) is 103 cm³/mol. The molecule has 0 aromatic carbocycles. The minimum Gasteiger partial charge on any atom is -0.482 e. The summed E-state index contributed by atoms with van der Waals surface area (Å²) in [4.78, 5) is 20.5. The molecule has 0 aliphatic heterocycles. The van der Waals surface area contributed by atoms with Gasteiger partial charge < -0.3 is 10.1 Å². The highest BCUT2D eigenvalue weighted by Crippen LogP contribution is 2.32. The molecule has 1 fully saturated rings. The van der Waals surface area contributed by atoms with Gasteiger partial charge in [-0.2, -0.15) is 18.3 Å². The first kappa shape index (κ1) is 20.1. The number of halogens is 3. The summed E-state index contributed by atoms with van der Waals surface area (Å²) < 4.78 is 43.4. The number of pyridine rings is 2. The lowest BCUT2D eigenvalue weighted by atomic mass is 10.2. The number of rotatable bonds is 7. The molecule has 0 radical (unpaired) electrons. The second-order valence-corrected chi connectivity index (χ2v) is 7.46. The van der Waals surface area contributed by atoms with E-state index >= 15 is 0 Å². The van der Waals surface area contributed by atoms with E-state index in [0.29, 0.717) is 46.9 Å². The van der Waals surface area contributed by atoms with E-state index in [4.69, 9.17) is 4.74 Å². The molecule has 3 aromatic rings. The summed E-state index contributed by atoms with van der Waals surface area (Å²) in [6, 6.07) is 3.41. The molecule has 30 heavy (non-hydrogen) atoms. The highest BCUT2D eigenvalue weighted by Gasteiger charge is 2.28. The normalized spacial score (nSPS) is 14.1. The van der Waals surface area contributed by atoms with Gasteiger partial charge in [-0.05, 0) is 43.4 Å². The van der Waals surface area contributed by atoms with Crippen molar-refractivity contribution in [3.05, 3.63) is 42.0 Å². The second kappa shape index (κ2) is 7.92. The van der Waals surface area contributed by atoms with Gasteiger partial charge in [0, 0.05) is 18.8 Å². The summed E-state index contributed by atoms with van der Waals surface area (Å²) in [6.07, 6.45) is 2.91. The van der Waals surface area contributed by atoms with Crippen LogP contribution in [-0.4, -0.2) is 38.4 Å². The molecule has 10 heteroatoms. The zero-order valence-corrected chi connectivity index (χ0v) is 16.2. The Kier molecular flexibility index (Phi) is 5.31. The monoisotopic (exact) mass is 419 g/mol. The van der Waals surface area contributed by atoms with Crippen LogP contribution in [-0.2, 0) is 11.3 Å². The van der Waals surface area contributed by atoms with Crippen molar-refractivity contribution in [2.45, 2.75) is 38.9 Å². The van der Waals surface area contributed by atoms with Crippen molar-refractivity contribution >= 4 is 22.6 Å². The molecule has 1 aliphatic rings. The molecule has 1 saturated carbocycles. The fourth-order valence-electron chi connectivity index (χ4n) is 3.11. The van der Waals surface area contributed by atoms with Crippen LogP contribution < -0.4 is 10.1 Å². The fraction of sp³-hybridized carbons (Fsp3) is 0.400. The van der Waals surface area contributed by atoms with Gasteiger partial charge in [0.25, 0.3) is 0 Å². The molecule has 0 spiro atoms. The van der Waals surface area contributed by atoms with Crippen molar-refractivity contribution in [3.8, 4) is 5.75 Å². The van der Waals surface area contributed by atoms with E-state index in [2.05, 4.69) is 20.4 Å². The smallest absolute Gasteiger partial charge is 0.422 e. The number of aromatic nitrogens is 4. The first-order valence-electron chi connectivity index (χ1n) is 9.54. The number of fused-ring (bicyclic) bond motifs is 1. The van der Waals surface area contributed by atoms with Crippen LogP contribution in [0.2, 0.25) is 0 Å². The Balaban J connectivity index is 1.48. The van der Waals surface area contributed by atoms with Crippen molar-refractivity contribution in [1.82, 2.24) is 19.7 Å². The Hall–Kier alpha value is -3.17. The highest BCUT2D eigenvalue weighted by molar-refractivity contribution is 5.99. The molecule has 0 saturated heterocycles. The van der Waals surface area contributed by atoms with Crippen molar-refractivity contribution < 1.29 is 22.7 Å². The third-order valence-corrected chi connectivity index (χ3v) is 4.74. The number of nitrogens with zero attached hydrogens (tertiary/aromatic N) is 4. The molecule has 1 amide bonds. The summed E-state index contributed by atoms with van der Waals surface area (Å²) in [6.45, 7) is 0.611. The van der Waals surface area contributed by atoms with Gasteiger partial charge in [-0.1, -0.05) is 0 Å². The summed E-state index contributed by atoms with van der Waals surface area (Å²) in [7, 11) is 0. The first-order chi connectivity index (χ1) is 14.3. The van der Waals surface area contributed by atoms with Crippen LogP contribution in [0.3, 0.4) is 0 Å². The van der Waals surface area contributed by atoms with Crippen LogP contribution in [0.1, 0.15) is 30.5 Å². The molecule has 4 rings (SSSR count). The Morgan fingerprint density at radius 3 is 2.83 bits per heavy atom. The number of nitrogens with one attached hydrogen (secondary N) is 1. The van der Waals surface area contributed by atoms with Crippen molar-refractivity contribution in [1.29, 1.82) is 0 Å². The number of hydrogen-bond donors (Lipinski definition) is 1. The maximum Gasteiger partial charge on any atom is 0.422 e. The number of amides is 1. The molecule has 3 aromatic heterocycles. The van der Waals surface area contributed by atoms with Gasteiger partial charge in [-0.3, -0.25) is 14.5 Å². The molecule has 0 unspecified atom stereocenters. The highest BCUT2D eigenvalue weighted by atomic mass is 19.4. The summed E-state index contributed by atoms with van der Waals surface area (Å²) >= 11 is 0. The van der Waals surface area contributed by atoms with Gasteiger partial charge >= 0.3 is 6.18 Å².